The lowest BCUT2D eigenvalue weighted by Crippen LogP contribution is -2.34. The Labute approximate surface area is 210 Å². The van der Waals surface area contributed by atoms with Gasteiger partial charge in [-0.15, -0.1) is 0 Å². The van der Waals surface area contributed by atoms with Crippen molar-refractivity contribution in [2.24, 2.45) is 11.3 Å². The van der Waals surface area contributed by atoms with Crippen molar-refractivity contribution in [3.05, 3.63) is 35.5 Å². The third-order valence-corrected chi connectivity index (χ3v) is 7.22. The zero-order valence-corrected chi connectivity index (χ0v) is 20.4. The molecule has 0 aromatic carbocycles. The average molecular weight is 499 g/mol. The second kappa shape index (κ2) is 11.6. The molecule has 2 aliphatic rings. The molecule has 0 unspecified atom stereocenters. The minimum absolute atomic E-state index is 0.278. The molecule has 0 radical (unpaired) electrons. The molecular formula is C25H31ClN6O3. The number of nitriles is 1. The molecule has 4 rings (SSSR count). The molecule has 1 saturated carbocycles. The number of amides is 1. The van der Waals surface area contributed by atoms with Crippen molar-refractivity contribution in [1.82, 2.24) is 15.3 Å². The Bertz CT molecular complexity index is 1060. The lowest BCUT2D eigenvalue weighted by Gasteiger charge is -2.30. The zero-order valence-electron chi connectivity index (χ0n) is 19.6. The van der Waals surface area contributed by atoms with Crippen molar-refractivity contribution in [3.8, 4) is 17.3 Å². The second-order valence-electron chi connectivity index (χ2n) is 9.36. The summed E-state index contributed by atoms with van der Waals surface area (Å²) < 4.78 is 5.41. The monoisotopic (exact) mass is 498 g/mol. The number of carbonyl (C=O) groups is 1. The first-order chi connectivity index (χ1) is 17.0. The fraction of sp³-hybridized carbons (Fsp3) is 0.520. The van der Waals surface area contributed by atoms with E-state index >= 15 is 0 Å². The fourth-order valence-corrected chi connectivity index (χ4v) is 4.90. The third-order valence-electron chi connectivity index (χ3n) is 6.92. The van der Waals surface area contributed by atoms with Gasteiger partial charge in [0, 0.05) is 44.1 Å². The standard InChI is InChI=1S/C25H31ClN6O3/c26-20-14-28-23(31-18-6-4-17(5-7-18)13-29-24(33)34)12-19(20)21-2-1-3-22(32-21)30-16-25(15-27)8-10-35-11-9-25/h1-3,12,14,17-18,29H,4-11,13,16H2,(H,28,31)(H,30,32)(H,33,34)/t17-,18-. The lowest BCUT2D eigenvalue weighted by atomic mass is 9.82. The van der Waals surface area contributed by atoms with Crippen LogP contribution in [0.5, 0.6) is 0 Å². The van der Waals surface area contributed by atoms with E-state index in [1.165, 1.54) is 0 Å². The highest BCUT2D eigenvalue weighted by molar-refractivity contribution is 6.33. The fourth-order valence-electron chi connectivity index (χ4n) is 4.70. The van der Waals surface area contributed by atoms with E-state index in [0.717, 1.165) is 42.8 Å². The van der Waals surface area contributed by atoms with Crippen LogP contribution in [0.15, 0.2) is 30.5 Å². The van der Waals surface area contributed by atoms with Gasteiger partial charge in [-0.25, -0.2) is 14.8 Å². The zero-order chi connectivity index (χ0) is 24.7. The normalized spacial score (nSPS) is 21.5. The van der Waals surface area contributed by atoms with Crippen LogP contribution in [0.1, 0.15) is 38.5 Å². The van der Waals surface area contributed by atoms with Gasteiger partial charge in [0.25, 0.3) is 0 Å². The highest BCUT2D eigenvalue weighted by Crippen LogP contribution is 2.32. The Hall–Kier alpha value is -3.09. The number of carboxylic acid groups (broad SMARTS) is 1. The van der Waals surface area contributed by atoms with Gasteiger partial charge in [0.15, 0.2) is 0 Å². The number of hydrogen-bond donors (Lipinski definition) is 4. The van der Waals surface area contributed by atoms with E-state index in [0.29, 0.717) is 55.9 Å². The summed E-state index contributed by atoms with van der Waals surface area (Å²) in [6, 6.07) is 10.4. The van der Waals surface area contributed by atoms with Crippen molar-refractivity contribution in [2.75, 3.05) is 36.9 Å². The first-order valence-electron chi connectivity index (χ1n) is 12.1. The van der Waals surface area contributed by atoms with Crippen LogP contribution in [0.2, 0.25) is 5.02 Å². The number of pyridine rings is 2. The summed E-state index contributed by atoms with van der Waals surface area (Å²) >= 11 is 6.49. The molecule has 9 nitrogen and oxygen atoms in total. The van der Waals surface area contributed by atoms with Crippen LogP contribution in [0.4, 0.5) is 16.4 Å². The van der Waals surface area contributed by atoms with Crippen LogP contribution in [-0.2, 0) is 4.74 Å². The predicted octanol–water partition coefficient (Wildman–Crippen LogP) is 4.77. The SMILES string of the molecule is N#CC1(CNc2cccc(-c3cc(N[C@H]4CC[C@H](CNC(=O)O)CC4)ncc3Cl)n2)CCOCC1. The van der Waals surface area contributed by atoms with Gasteiger partial charge in [0.05, 0.1) is 22.2 Å². The van der Waals surface area contributed by atoms with E-state index in [2.05, 4.69) is 27.0 Å². The molecule has 2 aromatic rings. The largest absolute Gasteiger partial charge is 0.465 e. The van der Waals surface area contributed by atoms with Gasteiger partial charge < -0.3 is 25.8 Å². The summed E-state index contributed by atoms with van der Waals surface area (Å²) in [6.45, 7) is 2.23. The molecule has 2 aromatic heterocycles. The topological polar surface area (TPSA) is 132 Å². The van der Waals surface area contributed by atoms with Crippen LogP contribution in [0.3, 0.4) is 0 Å². The van der Waals surface area contributed by atoms with Crippen LogP contribution in [0.25, 0.3) is 11.3 Å². The molecule has 186 valence electrons. The number of hydrogen-bond acceptors (Lipinski definition) is 7. The average Bonchev–Trinajstić information content (AvgIpc) is 2.89. The number of aromatic nitrogens is 2. The van der Waals surface area contributed by atoms with E-state index < -0.39 is 11.5 Å². The smallest absolute Gasteiger partial charge is 0.404 e. The number of anilines is 2. The van der Waals surface area contributed by atoms with Crippen LogP contribution >= 0.6 is 11.6 Å². The first-order valence-corrected chi connectivity index (χ1v) is 12.4. The molecule has 1 aliphatic heterocycles. The van der Waals surface area contributed by atoms with Crippen LogP contribution < -0.4 is 16.0 Å². The minimum Gasteiger partial charge on any atom is -0.465 e. The van der Waals surface area contributed by atoms with E-state index in [-0.39, 0.29) is 6.04 Å². The van der Waals surface area contributed by atoms with Crippen molar-refractivity contribution in [1.29, 1.82) is 5.26 Å². The second-order valence-corrected chi connectivity index (χ2v) is 9.77. The van der Waals surface area contributed by atoms with Crippen LogP contribution in [-0.4, -0.2) is 53.5 Å². The third kappa shape index (κ3) is 6.74. The first kappa shape index (κ1) is 25.0. The molecule has 3 heterocycles. The van der Waals surface area contributed by atoms with Gasteiger partial charge in [-0.3, -0.25) is 0 Å². The van der Waals surface area contributed by atoms with Crippen molar-refractivity contribution >= 4 is 29.3 Å². The Balaban J connectivity index is 1.39. The summed E-state index contributed by atoms with van der Waals surface area (Å²) in [6.07, 6.45) is 5.91. The molecule has 4 N–H and O–H groups in total. The molecular weight excluding hydrogens is 468 g/mol. The maximum Gasteiger partial charge on any atom is 0.404 e. The summed E-state index contributed by atoms with van der Waals surface area (Å²) in [5.41, 5.74) is 1.07. The maximum absolute atomic E-state index is 10.7. The van der Waals surface area contributed by atoms with Gasteiger partial charge in [-0.05, 0) is 62.6 Å². The van der Waals surface area contributed by atoms with Gasteiger partial charge >= 0.3 is 6.09 Å². The van der Waals surface area contributed by atoms with Crippen LogP contribution in [0, 0.1) is 22.7 Å². The molecule has 35 heavy (non-hydrogen) atoms. The number of rotatable bonds is 8. The molecule has 1 saturated heterocycles. The molecule has 2 fully saturated rings. The minimum atomic E-state index is -0.968. The number of halogens is 1. The summed E-state index contributed by atoms with van der Waals surface area (Å²) in [7, 11) is 0. The Morgan fingerprint density at radius 2 is 2.00 bits per heavy atom. The van der Waals surface area contributed by atoms with Crippen molar-refractivity contribution in [3.63, 3.8) is 0 Å². The molecule has 10 heteroatoms. The predicted molar refractivity (Wildman–Crippen MR) is 134 cm³/mol. The Morgan fingerprint density at radius 3 is 2.71 bits per heavy atom. The summed E-state index contributed by atoms with van der Waals surface area (Å²) in [5, 5.41) is 28.3. The van der Waals surface area contributed by atoms with E-state index in [1.807, 2.05) is 24.3 Å². The summed E-state index contributed by atoms with van der Waals surface area (Å²) in [4.78, 5) is 19.9. The van der Waals surface area contributed by atoms with Crippen molar-refractivity contribution < 1.29 is 14.6 Å². The quantitative estimate of drug-likeness (QED) is 0.409. The molecule has 0 bridgehead atoms. The molecule has 1 aliphatic carbocycles. The van der Waals surface area contributed by atoms with E-state index in [1.54, 1.807) is 6.20 Å². The maximum atomic E-state index is 10.7. The van der Waals surface area contributed by atoms with Gasteiger partial charge in [-0.1, -0.05) is 17.7 Å². The highest BCUT2D eigenvalue weighted by Gasteiger charge is 2.32. The van der Waals surface area contributed by atoms with E-state index in [9.17, 15) is 10.1 Å². The number of nitrogens with zero attached hydrogens (tertiary/aromatic N) is 3. The van der Waals surface area contributed by atoms with Gasteiger partial charge in [-0.2, -0.15) is 5.26 Å². The molecule has 0 spiro atoms. The van der Waals surface area contributed by atoms with E-state index in [4.69, 9.17) is 26.4 Å². The molecule has 0 atom stereocenters. The Kier molecular flexibility index (Phi) is 8.26. The van der Waals surface area contributed by atoms with Crippen molar-refractivity contribution in [2.45, 2.75) is 44.6 Å². The van der Waals surface area contributed by atoms with Gasteiger partial charge in [0.1, 0.15) is 11.6 Å². The Morgan fingerprint density at radius 1 is 1.23 bits per heavy atom. The molecule has 1 amide bonds. The highest BCUT2D eigenvalue weighted by atomic mass is 35.5. The number of ether oxygens (including phenoxy) is 1. The summed E-state index contributed by atoms with van der Waals surface area (Å²) in [5.74, 6) is 1.81. The lowest BCUT2D eigenvalue weighted by molar-refractivity contribution is 0.0455. The number of nitrogens with one attached hydrogen (secondary N) is 3. The van der Waals surface area contributed by atoms with Gasteiger partial charge in [0.2, 0.25) is 0 Å².